The second-order valence-electron chi connectivity index (χ2n) is 9.41. The number of rotatable bonds is 4. The summed E-state index contributed by atoms with van der Waals surface area (Å²) in [5, 5.41) is 9.34. The van der Waals surface area contributed by atoms with E-state index in [0.717, 1.165) is 23.7 Å². The number of nitrogens with zero attached hydrogens (tertiary/aromatic N) is 3. The summed E-state index contributed by atoms with van der Waals surface area (Å²) in [5.74, 6) is 1.38. The number of fused-ring (bicyclic) bond motifs is 3. The zero-order valence-corrected chi connectivity index (χ0v) is 20.0. The van der Waals surface area contributed by atoms with Crippen LogP contribution in [0.4, 0.5) is 0 Å². The highest BCUT2D eigenvalue weighted by atomic mass is 16.5. The van der Waals surface area contributed by atoms with Crippen molar-refractivity contribution in [2.45, 2.75) is 39.2 Å². The van der Waals surface area contributed by atoms with Crippen molar-refractivity contribution in [1.29, 1.82) is 0 Å². The van der Waals surface area contributed by atoms with Crippen LogP contribution in [0.3, 0.4) is 0 Å². The van der Waals surface area contributed by atoms with E-state index in [1.165, 1.54) is 11.1 Å². The maximum atomic E-state index is 13.7. The van der Waals surface area contributed by atoms with Gasteiger partial charge >= 0.3 is 0 Å². The van der Waals surface area contributed by atoms with Crippen LogP contribution in [0.5, 0.6) is 5.75 Å². The number of methoxy groups -OCH3 is 1. The monoisotopic (exact) mass is 458 g/mol. The summed E-state index contributed by atoms with van der Waals surface area (Å²) in [6.45, 7) is 4.45. The highest BCUT2D eigenvalue weighted by Crippen LogP contribution is 2.31. The average molecular weight is 459 g/mol. The van der Waals surface area contributed by atoms with E-state index in [0.29, 0.717) is 34.2 Å². The number of carbonyl (C=O) groups excluding carboxylic acids is 1. The van der Waals surface area contributed by atoms with Crippen LogP contribution in [-0.2, 0) is 7.05 Å². The second kappa shape index (κ2) is 8.63. The van der Waals surface area contributed by atoms with E-state index in [2.05, 4.69) is 24.3 Å². The van der Waals surface area contributed by atoms with Crippen LogP contribution in [0.25, 0.3) is 27.5 Å². The maximum Gasteiger partial charge on any atom is 0.296 e. The maximum absolute atomic E-state index is 13.7. The fourth-order valence-electron chi connectivity index (χ4n) is 5.26. The normalized spacial score (nSPS) is 20.5. The minimum Gasteiger partial charge on any atom is -0.497 e. The minimum atomic E-state index is -0.268. The lowest BCUT2D eigenvalue weighted by atomic mass is 9.78. The van der Waals surface area contributed by atoms with Crippen molar-refractivity contribution in [2.75, 3.05) is 7.11 Å². The Bertz CT molecular complexity index is 1430. The molecule has 1 aliphatic rings. The van der Waals surface area contributed by atoms with Crippen molar-refractivity contribution in [3.8, 4) is 11.4 Å². The molecule has 0 aliphatic heterocycles. The van der Waals surface area contributed by atoms with E-state index in [9.17, 15) is 9.59 Å². The molecule has 1 N–H and O–H groups in total. The van der Waals surface area contributed by atoms with Gasteiger partial charge in [0.25, 0.3) is 11.5 Å². The van der Waals surface area contributed by atoms with Gasteiger partial charge in [0.2, 0.25) is 0 Å². The van der Waals surface area contributed by atoms with Crippen molar-refractivity contribution >= 4 is 27.7 Å². The largest absolute Gasteiger partial charge is 0.497 e. The second-order valence-corrected chi connectivity index (χ2v) is 9.41. The third-order valence-corrected chi connectivity index (χ3v) is 7.49. The minimum absolute atomic E-state index is 0.0874. The zero-order valence-electron chi connectivity index (χ0n) is 20.0. The number of ether oxygens (including phenoxy) is 1. The van der Waals surface area contributed by atoms with Gasteiger partial charge < -0.3 is 14.6 Å². The molecule has 2 aromatic heterocycles. The molecule has 2 heterocycles. The summed E-state index contributed by atoms with van der Waals surface area (Å²) in [4.78, 5) is 27.4. The number of amides is 1. The molecule has 1 saturated carbocycles. The molecule has 5 rings (SSSR count). The number of hydrogen-bond acceptors (Lipinski definition) is 4. The Balaban J connectivity index is 1.72. The van der Waals surface area contributed by atoms with Crippen LogP contribution in [0.1, 0.15) is 43.6 Å². The fourth-order valence-corrected chi connectivity index (χ4v) is 5.26. The van der Waals surface area contributed by atoms with Crippen LogP contribution in [-0.4, -0.2) is 33.4 Å². The van der Waals surface area contributed by atoms with Gasteiger partial charge in [-0.1, -0.05) is 44.9 Å². The van der Waals surface area contributed by atoms with Crippen molar-refractivity contribution in [3.05, 3.63) is 64.6 Å². The summed E-state index contributed by atoms with van der Waals surface area (Å²) in [7, 11) is 3.45. The van der Waals surface area contributed by atoms with E-state index >= 15 is 0 Å². The number of carbonyl (C=O) groups is 1. The van der Waals surface area contributed by atoms with E-state index in [1.807, 2.05) is 35.9 Å². The molecule has 7 nitrogen and oxygen atoms in total. The van der Waals surface area contributed by atoms with Crippen molar-refractivity contribution in [3.63, 3.8) is 0 Å². The Hall–Kier alpha value is -3.61. The van der Waals surface area contributed by atoms with Crippen molar-refractivity contribution in [2.24, 2.45) is 18.9 Å². The first-order valence-corrected chi connectivity index (χ1v) is 11.9. The van der Waals surface area contributed by atoms with Gasteiger partial charge in [-0.15, -0.1) is 0 Å². The molecule has 0 unspecified atom stereocenters. The molecule has 0 bridgehead atoms. The summed E-state index contributed by atoms with van der Waals surface area (Å²) in [5.41, 5.74) is 1.93. The van der Waals surface area contributed by atoms with Gasteiger partial charge in [-0.3, -0.25) is 9.59 Å². The highest BCUT2D eigenvalue weighted by molar-refractivity contribution is 6.16. The first-order chi connectivity index (χ1) is 16.4. The lowest BCUT2D eigenvalue weighted by Crippen LogP contribution is -2.44. The summed E-state index contributed by atoms with van der Waals surface area (Å²) in [6, 6.07) is 14.9. The molecule has 0 saturated heterocycles. The predicted octanol–water partition coefficient (Wildman–Crippen LogP) is 4.44. The Morgan fingerprint density at radius 2 is 1.82 bits per heavy atom. The first kappa shape index (κ1) is 22.2. The van der Waals surface area contributed by atoms with E-state index in [4.69, 9.17) is 4.74 Å². The number of para-hydroxylation sites is 1. The SMILES string of the molecule is COc1ccc(-n2nc(C(=O)N[C@@H]3CCC[C@@H](C)[C@H]3C)c3c4ccccc4n(C)c3c2=O)cc1. The Morgan fingerprint density at radius 1 is 1.09 bits per heavy atom. The third kappa shape index (κ3) is 3.56. The molecule has 2 aromatic carbocycles. The van der Waals surface area contributed by atoms with Gasteiger partial charge in [-0.2, -0.15) is 9.78 Å². The van der Waals surface area contributed by atoms with Gasteiger partial charge in [-0.25, -0.2) is 0 Å². The molecule has 3 atom stereocenters. The Kier molecular flexibility index (Phi) is 5.63. The Labute approximate surface area is 198 Å². The number of aromatic nitrogens is 3. The van der Waals surface area contributed by atoms with Gasteiger partial charge in [0.15, 0.2) is 5.69 Å². The number of benzene rings is 2. The van der Waals surface area contributed by atoms with Crippen molar-refractivity contribution < 1.29 is 9.53 Å². The van der Waals surface area contributed by atoms with Crippen LogP contribution in [0.2, 0.25) is 0 Å². The first-order valence-electron chi connectivity index (χ1n) is 11.9. The van der Waals surface area contributed by atoms with Crippen LogP contribution in [0.15, 0.2) is 53.3 Å². The molecule has 4 aromatic rings. The summed E-state index contributed by atoms with van der Waals surface area (Å²) < 4.78 is 8.43. The smallest absolute Gasteiger partial charge is 0.296 e. The average Bonchev–Trinajstić information content (AvgIpc) is 3.15. The van der Waals surface area contributed by atoms with Crippen LogP contribution >= 0.6 is 0 Å². The molecule has 7 heteroatoms. The molecule has 176 valence electrons. The molecular weight excluding hydrogens is 428 g/mol. The number of nitrogens with one attached hydrogen (secondary N) is 1. The zero-order chi connectivity index (χ0) is 24.0. The molecule has 34 heavy (non-hydrogen) atoms. The van der Waals surface area contributed by atoms with Gasteiger partial charge in [-0.05, 0) is 48.6 Å². The fraction of sp³-hybridized carbons (Fsp3) is 0.370. The Morgan fingerprint density at radius 3 is 2.56 bits per heavy atom. The van der Waals surface area contributed by atoms with Gasteiger partial charge in [0.1, 0.15) is 11.3 Å². The molecule has 1 amide bonds. The topological polar surface area (TPSA) is 78.2 Å². The molecule has 0 spiro atoms. The van der Waals surface area contributed by atoms with E-state index in [1.54, 1.807) is 31.4 Å². The van der Waals surface area contributed by atoms with E-state index < -0.39 is 0 Å². The standard InChI is InChI=1S/C27H30N4O3/c1-16-8-7-10-21(17(16)2)28-26(32)24-23-20-9-5-6-11-22(20)30(3)25(23)27(33)31(29-24)18-12-14-19(34-4)15-13-18/h5-6,9,11-17,21H,7-8,10H2,1-4H3,(H,28,32)/t16-,17-,21-/m1/s1. The van der Waals surface area contributed by atoms with Crippen LogP contribution < -0.4 is 15.6 Å². The molecule has 0 radical (unpaired) electrons. The third-order valence-electron chi connectivity index (χ3n) is 7.49. The molecule has 1 fully saturated rings. The summed E-state index contributed by atoms with van der Waals surface area (Å²) >= 11 is 0. The number of hydrogen-bond donors (Lipinski definition) is 1. The van der Waals surface area contributed by atoms with E-state index in [-0.39, 0.29) is 23.2 Å². The van der Waals surface area contributed by atoms with Gasteiger partial charge in [0.05, 0.1) is 12.8 Å². The highest BCUT2D eigenvalue weighted by Gasteiger charge is 2.30. The number of aryl methyl sites for hydroxylation is 1. The van der Waals surface area contributed by atoms with Crippen LogP contribution in [0, 0.1) is 11.8 Å². The molecular formula is C27H30N4O3. The lowest BCUT2D eigenvalue weighted by molar-refractivity contribution is 0.0886. The van der Waals surface area contributed by atoms with Gasteiger partial charge in [0, 0.05) is 29.4 Å². The predicted molar refractivity (Wildman–Crippen MR) is 134 cm³/mol. The van der Waals surface area contributed by atoms with Crippen molar-refractivity contribution in [1.82, 2.24) is 19.7 Å². The summed E-state index contributed by atoms with van der Waals surface area (Å²) in [6.07, 6.45) is 3.23. The quantitative estimate of drug-likeness (QED) is 0.490. The lowest BCUT2D eigenvalue weighted by Gasteiger charge is -2.34. The molecule has 1 aliphatic carbocycles.